The molecule has 16 heteroatoms. The number of carbonyl (C=O) groups is 3. The fourth-order valence-electron chi connectivity index (χ4n) is 3.53. The molecule has 2 fully saturated rings. The molecule has 0 unspecified atom stereocenters. The van der Waals surface area contributed by atoms with Crippen LogP contribution >= 0.6 is 11.3 Å². The van der Waals surface area contributed by atoms with E-state index in [1.165, 1.54) is 11.3 Å². The average Bonchev–Trinajstić information content (AvgIpc) is 3.23. The quantitative estimate of drug-likeness (QED) is 0.537. The molecule has 3 heterocycles. The predicted octanol–water partition coefficient (Wildman–Crippen LogP) is 2.88. The molecular weight excluding hydrogens is 536 g/mol. The molecule has 1 amide bonds. The molecule has 0 aromatic carbocycles. The number of halogens is 6. The van der Waals surface area contributed by atoms with Gasteiger partial charge >= 0.3 is 24.3 Å². The van der Waals surface area contributed by atoms with E-state index >= 15 is 0 Å². The summed E-state index contributed by atoms with van der Waals surface area (Å²) in [6.07, 6.45) is -7.94. The van der Waals surface area contributed by atoms with Crippen molar-refractivity contribution >= 4 is 29.2 Å². The Bertz CT molecular complexity index is 842. The monoisotopic (exact) mass is 565 g/mol. The summed E-state index contributed by atoms with van der Waals surface area (Å²) < 4.78 is 69.5. The van der Waals surface area contributed by atoms with Crippen molar-refractivity contribution < 1.29 is 55.7 Å². The summed E-state index contributed by atoms with van der Waals surface area (Å²) in [4.78, 5) is 38.0. The fraction of sp³-hybridized carbons (Fsp3) is 0.667. The Balaban J connectivity index is 0.000000404. The van der Waals surface area contributed by atoms with Crippen LogP contribution in [0.1, 0.15) is 22.5 Å². The molecule has 0 saturated carbocycles. The number of nitrogens with zero attached hydrogens (tertiary/aromatic N) is 3. The van der Waals surface area contributed by atoms with Crippen molar-refractivity contribution in [2.75, 3.05) is 53.4 Å². The van der Waals surface area contributed by atoms with Gasteiger partial charge in [0.2, 0.25) is 0 Å². The smallest absolute Gasteiger partial charge is 0.475 e. The van der Waals surface area contributed by atoms with Gasteiger partial charge in [0.1, 0.15) is 0 Å². The number of hydrogen-bond acceptors (Lipinski definition) is 7. The molecule has 0 bridgehead atoms. The number of carboxylic acid groups (broad SMARTS) is 2. The van der Waals surface area contributed by atoms with Crippen LogP contribution in [0.3, 0.4) is 0 Å². The second-order valence-corrected chi connectivity index (χ2v) is 9.22. The third-order valence-electron chi connectivity index (χ3n) is 5.33. The van der Waals surface area contributed by atoms with E-state index in [1.54, 1.807) is 0 Å². The number of likely N-dealkylation sites (N-methyl/N-ethyl adjacent to an activating group) is 1. The molecule has 2 aliphatic heterocycles. The Morgan fingerprint density at radius 3 is 2.03 bits per heavy atom. The molecule has 37 heavy (non-hydrogen) atoms. The first-order valence-corrected chi connectivity index (χ1v) is 11.8. The second kappa shape index (κ2) is 14.5. The van der Waals surface area contributed by atoms with Crippen LogP contribution < -0.4 is 0 Å². The first kappa shape index (κ1) is 32.6. The van der Waals surface area contributed by atoms with Crippen LogP contribution in [-0.4, -0.2) is 121 Å². The number of fused-ring (bicyclic) bond motifs is 1. The Morgan fingerprint density at radius 1 is 1.03 bits per heavy atom. The van der Waals surface area contributed by atoms with E-state index < -0.39 is 24.3 Å². The van der Waals surface area contributed by atoms with E-state index in [-0.39, 0.29) is 12.0 Å². The fourth-order valence-corrected chi connectivity index (χ4v) is 4.22. The minimum atomic E-state index is -5.08. The number of likely N-dealkylation sites (tertiary alicyclic amines) is 1. The van der Waals surface area contributed by atoms with Crippen LogP contribution in [0.25, 0.3) is 0 Å². The van der Waals surface area contributed by atoms with Crippen molar-refractivity contribution in [1.82, 2.24) is 14.7 Å². The number of hydrogen-bond donors (Lipinski definition) is 2. The number of aliphatic carboxylic acids is 2. The minimum Gasteiger partial charge on any atom is -0.475 e. The zero-order chi connectivity index (χ0) is 28.4. The van der Waals surface area contributed by atoms with E-state index in [2.05, 4.69) is 23.9 Å². The lowest BCUT2D eigenvalue weighted by Crippen LogP contribution is -2.52. The molecule has 0 radical (unpaired) electrons. The maximum absolute atomic E-state index is 12.6. The van der Waals surface area contributed by atoms with Gasteiger partial charge in [-0.15, -0.1) is 11.3 Å². The van der Waals surface area contributed by atoms with E-state index in [9.17, 15) is 31.1 Å². The molecule has 2 saturated heterocycles. The highest BCUT2D eigenvalue weighted by atomic mass is 32.1. The van der Waals surface area contributed by atoms with Crippen molar-refractivity contribution in [3.05, 3.63) is 22.4 Å². The Morgan fingerprint density at radius 2 is 1.57 bits per heavy atom. The number of thiophene rings is 1. The zero-order valence-electron chi connectivity index (χ0n) is 20.1. The van der Waals surface area contributed by atoms with Crippen LogP contribution in [0.5, 0.6) is 0 Å². The van der Waals surface area contributed by atoms with E-state index in [0.717, 1.165) is 57.0 Å². The van der Waals surface area contributed by atoms with E-state index in [4.69, 9.17) is 24.5 Å². The molecule has 0 spiro atoms. The van der Waals surface area contributed by atoms with Gasteiger partial charge in [-0.25, -0.2) is 9.59 Å². The summed E-state index contributed by atoms with van der Waals surface area (Å²) in [6, 6.07) is 4.32. The molecule has 2 aliphatic rings. The first-order valence-electron chi connectivity index (χ1n) is 11.0. The largest absolute Gasteiger partial charge is 0.490 e. The highest BCUT2D eigenvalue weighted by molar-refractivity contribution is 7.12. The second-order valence-electron chi connectivity index (χ2n) is 8.27. The van der Waals surface area contributed by atoms with Gasteiger partial charge in [0, 0.05) is 38.8 Å². The van der Waals surface area contributed by atoms with Crippen LogP contribution in [0, 0.1) is 0 Å². The highest BCUT2D eigenvalue weighted by Crippen LogP contribution is 2.25. The summed E-state index contributed by atoms with van der Waals surface area (Å²) in [5, 5.41) is 16.2. The van der Waals surface area contributed by atoms with Crippen LogP contribution in [-0.2, 0) is 14.3 Å². The van der Waals surface area contributed by atoms with Crippen molar-refractivity contribution in [3.8, 4) is 0 Å². The molecule has 212 valence electrons. The Hall–Kier alpha value is -2.43. The molecular formula is C21H29F6N3O6S. The SMILES string of the molecule is CN(C)CCN1CCO[C@H]2CCN(C(=O)c3cccs3)CC[C@@H]21.O=C(O)C(F)(F)F.O=C(O)C(F)(F)F. The lowest BCUT2D eigenvalue weighted by Gasteiger charge is -2.40. The molecule has 3 rings (SSSR count). The molecule has 2 N–H and O–H groups in total. The Kier molecular flexibility index (Phi) is 12.8. The lowest BCUT2D eigenvalue weighted by atomic mass is 10.0. The topological polar surface area (TPSA) is 111 Å². The standard InChI is InChI=1S/C17H27N3O2S.2C2HF3O2/c1-18(2)9-10-19-11-12-22-15-6-8-20(7-5-14(15)19)17(21)16-4-3-13-23-16;2*3-2(4,5)1(6)7/h3-4,13-15H,5-12H2,1-2H3;2*(H,6,7)/t14-,15-;;/m0../s1. The van der Waals surface area contributed by atoms with Crippen LogP contribution in [0.15, 0.2) is 17.5 Å². The number of carboxylic acids is 2. The third kappa shape index (κ3) is 11.7. The normalized spacial score (nSPS) is 20.5. The van der Waals surface area contributed by atoms with Gasteiger partial charge in [0.25, 0.3) is 5.91 Å². The van der Waals surface area contributed by atoms with Gasteiger partial charge < -0.3 is 24.7 Å². The van der Waals surface area contributed by atoms with Gasteiger partial charge in [-0.2, -0.15) is 26.3 Å². The van der Waals surface area contributed by atoms with Gasteiger partial charge in [-0.3, -0.25) is 9.69 Å². The maximum atomic E-state index is 12.6. The third-order valence-corrected chi connectivity index (χ3v) is 6.18. The van der Waals surface area contributed by atoms with Gasteiger partial charge in [-0.05, 0) is 38.4 Å². The maximum Gasteiger partial charge on any atom is 0.490 e. The molecule has 9 nitrogen and oxygen atoms in total. The summed E-state index contributed by atoms with van der Waals surface area (Å²) in [5.74, 6) is -5.33. The number of morpholine rings is 1. The Labute approximate surface area is 213 Å². The summed E-state index contributed by atoms with van der Waals surface area (Å²) in [5.41, 5.74) is 0. The summed E-state index contributed by atoms with van der Waals surface area (Å²) >= 11 is 1.53. The predicted molar refractivity (Wildman–Crippen MR) is 120 cm³/mol. The molecule has 2 atom stereocenters. The number of alkyl halides is 6. The van der Waals surface area contributed by atoms with Crippen molar-refractivity contribution in [2.24, 2.45) is 0 Å². The molecule has 0 aliphatic carbocycles. The van der Waals surface area contributed by atoms with Gasteiger partial charge in [-0.1, -0.05) is 6.07 Å². The number of ether oxygens (including phenoxy) is 1. The first-order chi connectivity index (χ1) is 17.0. The lowest BCUT2D eigenvalue weighted by molar-refractivity contribution is -0.193. The highest BCUT2D eigenvalue weighted by Gasteiger charge is 2.39. The van der Waals surface area contributed by atoms with E-state index in [0.29, 0.717) is 6.04 Å². The average molecular weight is 566 g/mol. The minimum absolute atomic E-state index is 0.179. The summed E-state index contributed by atoms with van der Waals surface area (Å²) in [7, 11) is 4.24. The van der Waals surface area contributed by atoms with Crippen LogP contribution in [0.4, 0.5) is 26.3 Å². The van der Waals surface area contributed by atoms with Gasteiger partial charge in [0.05, 0.1) is 17.6 Å². The number of rotatable bonds is 4. The van der Waals surface area contributed by atoms with Crippen molar-refractivity contribution in [2.45, 2.75) is 37.3 Å². The van der Waals surface area contributed by atoms with E-state index in [1.807, 2.05) is 22.4 Å². The molecule has 1 aromatic heterocycles. The van der Waals surface area contributed by atoms with Crippen molar-refractivity contribution in [3.63, 3.8) is 0 Å². The summed E-state index contributed by atoms with van der Waals surface area (Å²) in [6.45, 7) is 5.61. The number of amides is 1. The van der Waals surface area contributed by atoms with Crippen LogP contribution in [0.2, 0.25) is 0 Å². The zero-order valence-corrected chi connectivity index (χ0v) is 20.9. The molecule has 1 aromatic rings. The van der Waals surface area contributed by atoms with Gasteiger partial charge in [0.15, 0.2) is 0 Å². The number of carbonyl (C=O) groups excluding carboxylic acids is 1. The van der Waals surface area contributed by atoms with Crippen molar-refractivity contribution in [1.29, 1.82) is 0 Å².